The van der Waals surface area contributed by atoms with Gasteiger partial charge in [-0.2, -0.15) is 5.26 Å². The number of aromatic nitrogens is 1. The smallest absolute Gasteiger partial charge is 0.120 e. The molecular formula is C14H24N4. The normalized spacial score (nSPS) is 12.7. The van der Waals surface area contributed by atoms with Crippen LogP contribution in [0.2, 0.25) is 0 Å². The summed E-state index contributed by atoms with van der Waals surface area (Å²) < 4.78 is 1.87. The number of rotatable bonds is 7. The minimum Gasteiger partial charge on any atom is -0.342 e. The molecule has 0 amide bonds. The highest BCUT2D eigenvalue weighted by Crippen LogP contribution is 2.06. The molecule has 0 saturated carbocycles. The highest BCUT2D eigenvalue weighted by Gasteiger charge is 2.08. The Morgan fingerprint density at radius 2 is 2.11 bits per heavy atom. The van der Waals surface area contributed by atoms with Crippen LogP contribution in [0.3, 0.4) is 0 Å². The van der Waals surface area contributed by atoms with Gasteiger partial charge >= 0.3 is 0 Å². The van der Waals surface area contributed by atoms with Crippen molar-refractivity contribution >= 4 is 0 Å². The zero-order valence-electron chi connectivity index (χ0n) is 11.9. The van der Waals surface area contributed by atoms with E-state index in [1.54, 1.807) is 0 Å². The van der Waals surface area contributed by atoms with Crippen LogP contribution in [0.25, 0.3) is 0 Å². The van der Waals surface area contributed by atoms with Crippen molar-refractivity contribution in [3.8, 4) is 6.07 Å². The number of nitriles is 1. The third-order valence-corrected chi connectivity index (χ3v) is 3.26. The van der Waals surface area contributed by atoms with Crippen molar-refractivity contribution < 1.29 is 0 Å². The average Bonchev–Trinajstić information content (AvgIpc) is 2.74. The van der Waals surface area contributed by atoms with Gasteiger partial charge in [-0.25, -0.2) is 0 Å². The molecule has 0 aromatic carbocycles. The van der Waals surface area contributed by atoms with Crippen LogP contribution in [0, 0.1) is 11.3 Å². The van der Waals surface area contributed by atoms with Crippen molar-refractivity contribution in [1.82, 2.24) is 14.8 Å². The SMILES string of the molecule is CCN(CC)CC(C)NCc1cc(C#N)n(C)c1. The van der Waals surface area contributed by atoms with Crippen LogP contribution >= 0.6 is 0 Å². The lowest BCUT2D eigenvalue weighted by molar-refractivity contribution is 0.270. The maximum Gasteiger partial charge on any atom is 0.120 e. The lowest BCUT2D eigenvalue weighted by Crippen LogP contribution is -2.38. The summed E-state index contributed by atoms with van der Waals surface area (Å²) in [6.45, 7) is 10.6. The van der Waals surface area contributed by atoms with Crippen molar-refractivity contribution in [3.63, 3.8) is 0 Å². The van der Waals surface area contributed by atoms with Gasteiger partial charge in [0.05, 0.1) is 0 Å². The molecule has 0 aliphatic heterocycles. The van der Waals surface area contributed by atoms with E-state index in [0.717, 1.165) is 26.2 Å². The van der Waals surface area contributed by atoms with Gasteiger partial charge in [0.15, 0.2) is 0 Å². The van der Waals surface area contributed by atoms with Gasteiger partial charge in [-0.05, 0) is 31.6 Å². The van der Waals surface area contributed by atoms with E-state index in [4.69, 9.17) is 5.26 Å². The summed E-state index contributed by atoms with van der Waals surface area (Å²) in [6, 6.07) is 4.58. The standard InChI is InChI=1S/C14H24N4/c1-5-18(6-2)10-12(3)16-9-13-7-14(8-15)17(4)11-13/h7,11-12,16H,5-6,9-10H2,1-4H3. The van der Waals surface area contributed by atoms with Crippen LogP contribution in [0.4, 0.5) is 0 Å². The Hall–Kier alpha value is -1.31. The number of hydrogen-bond acceptors (Lipinski definition) is 3. The number of nitrogens with one attached hydrogen (secondary N) is 1. The zero-order chi connectivity index (χ0) is 13.5. The monoisotopic (exact) mass is 248 g/mol. The van der Waals surface area contributed by atoms with E-state index in [1.165, 1.54) is 5.56 Å². The van der Waals surface area contributed by atoms with Crippen molar-refractivity contribution in [1.29, 1.82) is 5.26 Å². The number of nitrogens with zero attached hydrogens (tertiary/aromatic N) is 3. The minimum absolute atomic E-state index is 0.454. The van der Waals surface area contributed by atoms with Crippen LogP contribution in [-0.4, -0.2) is 35.1 Å². The topological polar surface area (TPSA) is 44.0 Å². The fourth-order valence-electron chi connectivity index (χ4n) is 2.07. The van der Waals surface area contributed by atoms with E-state index >= 15 is 0 Å². The maximum atomic E-state index is 8.89. The van der Waals surface area contributed by atoms with E-state index < -0.39 is 0 Å². The molecule has 0 fully saturated rings. The number of hydrogen-bond donors (Lipinski definition) is 1. The van der Waals surface area contributed by atoms with Gasteiger partial charge < -0.3 is 14.8 Å². The summed E-state index contributed by atoms with van der Waals surface area (Å²) >= 11 is 0. The Labute approximate surface area is 110 Å². The molecule has 4 nitrogen and oxygen atoms in total. The summed E-state index contributed by atoms with van der Waals surface area (Å²) in [6.07, 6.45) is 2.01. The molecule has 0 aliphatic rings. The van der Waals surface area contributed by atoms with Crippen LogP contribution in [0.15, 0.2) is 12.3 Å². The molecule has 1 atom stereocenters. The quantitative estimate of drug-likeness (QED) is 0.799. The second kappa shape index (κ2) is 7.20. The largest absolute Gasteiger partial charge is 0.342 e. The molecule has 0 saturated heterocycles. The Bertz CT molecular complexity index is 398. The van der Waals surface area contributed by atoms with Gasteiger partial charge in [0.25, 0.3) is 0 Å². The summed E-state index contributed by atoms with van der Waals surface area (Å²) in [5.41, 5.74) is 1.88. The second-order valence-electron chi connectivity index (χ2n) is 4.72. The van der Waals surface area contributed by atoms with E-state index in [1.807, 2.05) is 23.9 Å². The predicted molar refractivity (Wildman–Crippen MR) is 74.2 cm³/mol. The lowest BCUT2D eigenvalue weighted by Gasteiger charge is -2.23. The predicted octanol–water partition coefficient (Wildman–Crippen LogP) is 1.72. The van der Waals surface area contributed by atoms with Crippen molar-refractivity contribution in [2.45, 2.75) is 33.4 Å². The molecular weight excluding hydrogens is 224 g/mol. The van der Waals surface area contributed by atoms with Crippen LogP contribution in [0.5, 0.6) is 0 Å². The van der Waals surface area contributed by atoms with Crippen LogP contribution in [-0.2, 0) is 13.6 Å². The lowest BCUT2D eigenvalue weighted by atomic mass is 10.2. The molecule has 1 aromatic rings. The van der Waals surface area contributed by atoms with Gasteiger partial charge in [-0.1, -0.05) is 13.8 Å². The van der Waals surface area contributed by atoms with Crippen molar-refractivity contribution in [3.05, 3.63) is 23.5 Å². The first-order chi connectivity index (χ1) is 8.60. The first-order valence-electron chi connectivity index (χ1n) is 6.61. The Morgan fingerprint density at radius 1 is 1.44 bits per heavy atom. The molecule has 1 heterocycles. The molecule has 18 heavy (non-hydrogen) atoms. The summed E-state index contributed by atoms with van der Waals surface area (Å²) in [7, 11) is 1.90. The minimum atomic E-state index is 0.454. The molecule has 4 heteroatoms. The van der Waals surface area contributed by atoms with Crippen LogP contribution < -0.4 is 5.32 Å². The third kappa shape index (κ3) is 4.17. The molecule has 1 rings (SSSR count). The summed E-state index contributed by atoms with van der Waals surface area (Å²) in [5.74, 6) is 0. The summed E-state index contributed by atoms with van der Waals surface area (Å²) in [5, 5.41) is 12.4. The molecule has 1 unspecified atom stereocenters. The van der Waals surface area contributed by atoms with Gasteiger partial charge in [0.2, 0.25) is 0 Å². The summed E-state index contributed by atoms with van der Waals surface area (Å²) in [4.78, 5) is 2.41. The highest BCUT2D eigenvalue weighted by molar-refractivity contribution is 5.28. The van der Waals surface area contributed by atoms with Gasteiger partial charge in [-0.15, -0.1) is 0 Å². The van der Waals surface area contributed by atoms with E-state index in [2.05, 4.69) is 37.1 Å². The van der Waals surface area contributed by atoms with Gasteiger partial charge in [0.1, 0.15) is 11.8 Å². The molecule has 0 radical (unpaired) electrons. The highest BCUT2D eigenvalue weighted by atomic mass is 15.1. The fraction of sp³-hybridized carbons (Fsp3) is 0.643. The first-order valence-corrected chi connectivity index (χ1v) is 6.61. The van der Waals surface area contributed by atoms with E-state index in [9.17, 15) is 0 Å². The molecule has 1 N–H and O–H groups in total. The zero-order valence-corrected chi connectivity index (χ0v) is 11.9. The molecule has 1 aromatic heterocycles. The van der Waals surface area contributed by atoms with Gasteiger partial charge in [-0.3, -0.25) is 0 Å². The maximum absolute atomic E-state index is 8.89. The number of likely N-dealkylation sites (N-methyl/N-ethyl adjacent to an activating group) is 1. The molecule has 0 bridgehead atoms. The van der Waals surface area contributed by atoms with Crippen LogP contribution in [0.1, 0.15) is 32.0 Å². The second-order valence-corrected chi connectivity index (χ2v) is 4.72. The Kier molecular flexibility index (Phi) is 5.90. The molecule has 0 spiro atoms. The third-order valence-electron chi connectivity index (χ3n) is 3.26. The fourth-order valence-corrected chi connectivity index (χ4v) is 2.07. The molecule has 100 valence electrons. The first kappa shape index (κ1) is 14.7. The van der Waals surface area contributed by atoms with E-state index in [0.29, 0.717) is 11.7 Å². The molecule has 0 aliphatic carbocycles. The number of aryl methyl sites for hydroxylation is 1. The van der Waals surface area contributed by atoms with Crippen molar-refractivity contribution in [2.24, 2.45) is 7.05 Å². The Morgan fingerprint density at radius 3 is 2.61 bits per heavy atom. The average molecular weight is 248 g/mol. The van der Waals surface area contributed by atoms with Gasteiger partial charge in [0, 0.05) is 32.4 Å². The Balaban J connectivity index is 2.42. The van der Waals surface area contributed by atoms with E-state index in [-0.39, 0.29) is 0 Å². The van der Waals surface area contributed by atoms with Crippen molar-refractivity contribution in [2.75, 3.05) is 19.6 Å².